The minimum atomic E-state index is -0.533. The third kappa shape index (κ3) is 5.18. The zero-order chi connectivity index (χ0) is 18.2. The van der Waals surface area contributed by atoms with Gasteiger partial charge in [0, 0.05) is 13.1 Å². The maximum absolute atomic E-state index is 12.3. The number of halogens is 1. The van der Waals surface area contributed by atoms with Gasteiger partial charge in [0.2, 0.25) is 11.9 Å². The molecule has 2 heterocycles. The molecule has 0 saturated heterocycles. The van der Waals surface area contributed by atoms with Crippen LogP contribution >= 0.6 is 11.6 Å². The minimum Gasteiger partial charge on any atom is -0.467 e. The summed E-state index contributed by atoms with van der Waals surface area (Å²) in [5.74, 6) is 0.164. The molecule has 2 amide bonds. The molecule has 2 N–H and O–H groups in total. The number of carbonyl (C=O) groups excluding carboxylic acids is 2. The fourth-order valence-corrected chi connectivity index (χ4v) is 2.26. The summed E-state index contributed by atoms with van der Waals surface area (Å²) >= 11 is 6.01. The van der Waals surface area contributed by atoms with E-state index in [4.69, 9.17) is 16.0 Å². The zero-order valence-electron chi connectivity index (χ0n) is 14.1. The number of hydrogen-bond acceptors (Lipinski definition) is 6. The van der Waals surface area contributed by atoms with Crippen molar-refractivity contribution in [1.29, 1.82) is 0 Å². The molecule has 0 aliphatic rings. The van der Waals surface area contributed by atoms with Crippen molar-refractivity contribution < 1.29 is 14.0 Å². The molecule has 9 heteroatoms. The Bertz CT molecular complexity index is 717. The molecule has 0 fully saturated rings. The van der Waals surface area contributed by atoms with E-state index in [0.29, 0.717) is 24.8 Å². The van der Waals surface area contributed by atoms with Crippen LogP contribution in [-0.2, 0) is 11.3 Å². The molecular weight excluding hydrogens is 346 g/mol. The van der Waals surface area contributed by atoms with Gasteiger partial charge in [-0.1, -0.05) is 11.6 Å². The van der Waals surface area contributed by atoms with Crippen LogP contribution in [0.15, 0.2) is 29.0 Å². The van der Waals surface area contributed by atoms with Gasteiger partial charge in [-0.3, -0.25) is 9.59 Å². The van der Waals surface area contributed by atoms with Gasteiger partial charge in [0.25, 0.3) is 5.91 Å². The number of nitrogens with zero attached hydrogens (tertiary/aromatic N) is 3. The molecule has 2 aromatic rings. The van der Waals surface area contributed by atoms with E-state index in [1.54, 1.807) is 12.1 Å². The van der Waals surface area contributed by atoms with E-state index in [-0.39, 0.29) is 29.7 Å². The second-order valence-corrected chi connectivity index (χ2v) is 5.48. The number of aromatic nitrogens is 2. The molecule has 0 bridgehead atoms. The van der Waals surface area contributed by atoms with Crippen molar-refractivity contribution >= 4 is 29.4 Å². The topological polar surface area (TPSA) is 100 Å². The lowest BCUT2D eigenvalue weighted by Crippen LogP contribution is -2.37. The molecule has 0 atom stereocenters. The molecule has 2 rings (SSSR count). The van der Waals surface area contributed by atoms with Crippen LogP contribution in [0.1, 0.15) is 30.1 Å². The second-order valence-electron chi connectivity index (χ2n) is 5.08. The summed E-state index contributed by atoms with van der Waals surface area (Å²) in [5.41, 5.74) is 0.0393. The van der Waals surface area contributed by atoms with Gasteiger partial charge in [-0.25, -0.2) is 9.97 Å². The van der Waals surface area contributed by atoms with Crippen LogP contribution in [0.2, 0.25) is 5.02 Å². The van der Waals surface area contributed by atoms with Crippen LogP contribution in [0.3, 0.4) is 0 Å². The van der Waals surface area contributed by atoms with Crippen molar-refractivity contribution in [2.24, 2.45) is 0 Å². The van der Waals surface area contributed by atoms with Crippen molar-refractivity contribution in [3.8, 4) is 0 Å². The molecule has 0 aromatic carbocycles. The van der Waals surface area contributed by atoms with Gasteiger partial charge >= 0.3 is 0 Å². The van der Waals surface area contributed by atoms with Crippen molar-refractivity contribution in [2.45, 2.75) is 20.4 Å². The first-order valence-electron chi connectivity index (χ1n) is 7.89. The lowest BCUT2D eigenvalue weighted by molar-refractivity contribution is -0.120. The van der Waals surface area contributed by atoms with E-state index >= 15 is 0 Å². The number of furan rings is 1. The van der Waals surface area contributed by atoms with E-state index in [1.165, 1.54) is 12.5 Å². The van der Waals surface area contributed by atoms with E-state index in [1.807, 2.05) is 18.7 Å². The SMILES string of the molecule is CCN(CC)c1ncc(Cl)c(C(=O)NCC(=O)NCc2ccco2)n1. The number of nitrogens with one attached hydrogen (secondary N) is 2. The van der Waals surface area contributed by atoms with E-state index in [2.05, 4.69) is 20.6 Å². The lowest BCUT2D eigenvalue weighted by Gasteiger charge is -2.18. The molecule has 0 spiro atoms. The van der Waals surface area contributed by atoms with Crippen LogP contribution < -0.4 is 15.5 Å². The Balaban J connectivity index is 1.93. The van der Waals surface area contributed by atoms with E-state index in [9.17, 15) is 9.59 Å². The first-order valence-corrected chi connectivity index (χ1v) is 8.27. The number of rotatable bonds is 8. The summed E-state index contributed by atoms with van der Waals surface area (Å²) in [6, 6.07) is 3.47. The van der Waals surface area contributed by atoms with Crippen molar-refractivity contribution in [3.63, 3.8) is 0 Å². The van der Waals surface area contributed by atoms with Gasteiger partial charge in [0.15, 0.2) is 5.69 Å². The molecule has 0 aliphatic heterocycles. The monoisotopic (exact) mass is 365 g/mol. The molecule has 2 aromatic heterocycles. The van der Waals surface area contributed by atoms with Crippen LogP contribution in [0.5, 0.6) is 0 Å². The molecule has 0 radical (unpaired) electrons. The third-order valence-electron chi connectivity index (χ3n) is 3.44. The Labute approximate surface area is 150 Å². The maximum atomic E-state index is 12.3. The molecule has 0 unspecified atom stereocenters. The van der Waals surface area contributed by atoms with Crippen LogP contribution in [0.25, 0.3) is 0 Å². The van der Waals surface area contributed by atoms with Crippen LogP contribution in [0, 0.1) is 0 Å². The average Bonchev–Trinajstić information content (AvgIpc) is 3.13. The maximum Gasteiger partial charge on any atom is 0.272 e. The Morgan fingerprint density at radius 3 is 2.68 bits per heavy atom. The van der Waals surface area contributed by atoms with E-state index in [0.717, 1.165) is 0 Å². The van der Waals surface area contributed by atoms with Crippen LogP contribution in [-0.4, -0.2) is 41.4 Å². The van der Waals surface area contributed by atoms with Gasteiger partial charge in [-0.05, 0) is 26.0 Å². The summed E-state index contributed by atoms with van der Waals surface area (Å²) in [6.45, 7) is 5.39. The molecular formula is C16H20ClN5O3. The predicted molar refractivity (Wildman–Crippen MR) is 93.5 cm³/mol. The van der Waals surface area contributed by atoms with Gasteiger partial charge in [-0.2, -0.15) is 0 Å². The summed E-state index contributed by atoms with van der Waals surface area (Å²) in [4.78, 5) is 34.3. The summed E-state index contributed by atoms with van der Waals surface area (Å²) in [5, 5.41) is 5.26. The Morgan fingerprint density at radius 1 is 1.28 bits per heavy atom. The Morgan fingerprint density at radius 2 is 2.04 bits per heavy atom. The minimum absolute atomic E-state index is 0.0393. The van der Waals surface area contributed by atoms with Crippen molar-refractivity contribution in [2.75, 3.05) is 24.5 Å². The fourth-order valence-electron chi connectivity index (χ4n) is 2.08. The van der Waals surface area contributed by atoms with Gasteiger partial charge in [-0.15, -0.1) is 0 Å². The lowest BCUT2D eigenvalue weighted by atomic mass is 10.3. The van der Waals surface area contributed by atoms with Crippen molar-refractivity contribution in [3.05, 3.63) is 41.1 Å². The largest absolute Gasteiger partial charge is 0.467 e. The smallest absolute Gasteiger partial charge is 0.272 e. The highest BCUT2D eigenvalue weighted by Gasteiger charge is 2.17. The first-order chi connectivity index (χ1) is 12.0. The fraction of sp³-hybridized carbons (Fsp3) is 0.375. The molecule has 134 valence electrons. The normalized spacial score (nSPS) is 10.4. The number of carbonyl (C=O) groups is 2. The molecule has 8 nitrogen and oxygen atoms in total. The Kier molecular flexibility index (Phi) is 6.76. The molecule has 0 aliphatic carbocycles. The summed E-state index contributed by atoms with van der Waals surface area (Å²) in [7, 11) is 0. The third-order valence-corrected chi connectivity index (χ3v) is 3.72. The van der Waals surface area contributed by atoms with Crippen LogP contribution in [0.4, 0.5) is 5.95 Å². The number of hydrogen-bond donors (Lipinski definition) is 2. The zero-order valence-corrected chi connectivity index (χ0v) is 14.8. The quantitative estimate of drug-likeness (QED) is 0.737. The van der Waals surface area contributed by atoms with Gasteiger partial charge in [0.05, 0.1) is 30.6 Å². The molecule has 25 heavy (non-hydrogen) atoms. The van der Waals surface area contributed by atoms with Crippen molar-refractivity contribution in [1.82, 2.24) is 20.6 Å². The number of anilines is 1. The summed E-state index contributed by atoms with van der Waals surface area (Å²) < 4.78 is 5.11. The standard InChI is InChI=1S/C16H20ClN5O3/c1-3-22(4-2)16-20-9-12(17)14(21-16)15(24)19-10-13(23)18-8-11-6-5-7-25-11/h5-7,9H,3-4,8,10H2,1-2H3,(H,18,23)(H,19,24). The van der Waals surface area contributed by atoms with E-state index < -0.39 is 5.91 Å². The number of amides is 2. The Hall–Kier alpha value is -2.61. The average molecular weight is 366 g/mol. The second kappa shape index (κ2) is 9.03. The highest BCUT2D eigenvalue weighted by molar-refractivity contribution is 6.33. The summed E-state index contributed by atoms with van der Waals surface area (Å²) in [6.07, 6.45) is 2.90. The predicted octanol–water partition coefficient (Wildman–Crippen LogP) is 1.62. The van der Waals surface area contributed by atoms with Gasteiger partial charge in [0.1, 0.15) is 5.76 Å². The highest BCUT2D eigenvalue weighted by Crippen LogP contribution is 2.16. The highest BCUT2D eigenvalue weighted by atomic mass is 35.5. The van der Waals surface area contributed by atoms with Gasteiger partial charge < -0.3 is 20.0 Å². The first kappa shape index (κ1) is 18.7. The molecule has 0 saturated carbocycles.